The highest BCUT2D eigenvalue weighted by atomic mass is 127. The number of benzene rings is 1. The van der Waals surface area contributed by atoms with Crippen molar-refractivity contribution < 1.29 is 9.53 Å². The highest BCUT2D eigenvalue weighted by Crippen LogP contribution is 1.96. The zero-order valence-corrected chi connectivity index (χ0v) is 16.3. The van der Waals surface area contributed by atoms with Gasteiger partial charge in [0.25, 0.3) is 0 Å². The molecule has 0 bridgehead atoms. The van der Waals surface area contributed by atoms with E-state index in [1.54, 1.807) is 7.11 Å². The predicted molar refractivity (Wildman–Crippen MR) is 104 cm³/mol. The largest absolute Gasteiger partial charge is 0.383 e. The molecule has 0 saturated heterocycles. The molecule has 0 heterocycles. The van der Waals surface area contributed by atoms with E-state index in [0.717, 1.165) is 12.1 Å². The van der Waals surface area contributed by atoms with Crippen LogP contribution in [0.5, 0.6) is 0 Å². The lowest BCUT2D eigenvalue weighted by molar-refractivity contribution is -0.119. The number of carbonyl (C=O) groups is 1. The van der Waals surface area contributed by atoms with Gasteiger partial charge in [-0.3, -0.25) is 4.79 Å². The van der Waals surface area contributed by atoms with Gasteiger partial charge in [-0.05, 0) is 19.4 Å². The molecule has 3 N–H and O–H groups in total. The van der Waals surface area contributed by atoms with Gasteiger partial charge in [0.05, 0.1) is 6.61 Å². The van der Waals surface area contributed by atoms with Crippen LogP contribution in [0.15, 0.2) is 35.3 Å². The molecule has 1 atom stereocenters. The second kappa shape index (κ2) is 13.1. The molecule has 6 nitrogen and oxygen atoms in total. The lowest BCUT2D eigenvalue weighted by Gasteiger charge is -2.16. The topological polar surface area (TPSA) is 74.8 Å². The van der Waals surface area contributed by atoms with Crippen LogP contribution in [0.1, 0.15) is 19.4 Å². The van der Waals surface area contributed by atoms with E-state index in [2.05, 4.69) is 20.9 Å². The second-order valence-electron chi connectivity index (χ2n) is 4.96. The molecule has 0 spiro atoms. The van der Waals surface area contributed by atoms with E-state index in [1.165, 1.54) is 0 Å². The summed E-state index contributed by atoms with van der Waals surface area (Å²) in [5.41, 5.74) is 1.07. The van der Waals surface area contributed by atoms with Gasteiger partial charge in [0.2, 0.25) is 5.91 Å². The van der Waals surface area contributed by atoms with Gasteiger partial charge >= 0.3 is 0 Å². The van der Waals surface area contributed by atoms with E-state index in [0.29, 0.717) is 19.1 Å². The summed E-state index contributed by atoms with van der Waals surface area (Å²) in [6.07, 6.45) is 0. The van der Waals surface area contributed by atoms with Gasteiger partial charge in [0.1, 0.15) is 6.54 Å². The van der Waals surface area contributed by atoms with Crippen molar-refractivity contribution in [2.24, 2.45) is 4.99 Å². The number of hydrogen-bond acceptors (Lipinski definition) is 3. The molecule has 1 aromatic rings. The third-order valence-electron chi connectivity index (χ3n) is 2.86. The van der Waals surface area contributed by atoms with Crippen molar-refractivity contribution in [3.05, 3.63) is 35.9 Å². The van der Waals surface area contributed by atoms with Crippen LogP contribution in [0.2, 0.25) is 0 Å². The first-order valence-corrected chi connectivity index (χ1v) is 7.50. The maximum Gasteiger partial charge on any atom is 0.242 e. The molecule has 0 saturated carbocycles. The molecule has 1 aromatic carbocycles. The fourth-order valence-corrected chi connectivity index (χ4v) is 1.85. The minimum absolute atomic E-state index is 0. The fraction of sp³-hybridized carbons (Fsp3) is 0.500. The van der Waals surface area contributed by atoms with Crippen molar-refractivity contribution >= 4 is 35.8 Å². The van der Waals surface area contributed by atoms with E-state index >= 15 is 0 Å². The third-order valence-corrected chi connectivity index (χ3v) is 2.86. The molecule has 0 aliphatic rings. The zero-order chi connectivity index (χ0) is 16.2. The van der Waals surface area contributed by atoms with E-state index < -0.39 is 0 Å². The molecule has 0 aliphatic heterocycles. The van der Waals surface area contributed by atoms with Crippen LogP contribution in [0.3, 0.4) is 0 Å². The van der Waals surface area contributed by atoms with Crippen molar-refractivity contribution in [1.82, 2.24) is 16.0 Å². The Kier molecular flexibility index (Phi) is 12.4. The van der Waals surface area contributed by atoms with Crippen LogP contribution in [0.25, 0.3) is 0 Å². The highest BCUT2D eigenvalue weighted by Gasteiger charge is 2.06. The number of halogens is 1. The number of nitrogens with zero attached hydrogens (tertiary/aromatic N) is 1. The van der Waals surface area contributed by atoms with E-state index in [1.807, 2.05) is 44.2 Å². The number of hydrogen-bond donors (Lipinski definition) is 3. The highest BCUT2D eigenvalue weighted by molar-refractivity contribution is 14.0. The quantitative estimate of drug-likeness (QED) is 0.330. The summed E-state index contributed by atoms with van der Waals surface area (Å²) in [5, 5.41) is 9.13. The Morgan fingerprint density at radius 3 is 2.57 bits per heavy atom. The SMILES string of the molecule is CCNC(=NCC(=O)NCc1ccccc1)NC(C)COC.I. The number of aliphatic imine (C=N–C) groups is 1. The molecule has 1 rings (SSSR count). The van der Waals surface area contributed by atoms with Crippen molar-refractivity contribution in [2.75, 3.05) is 26.8 Å². The summed E-state index contributed by atoms with van der Waals surface area (Å²) in [6.45, 7) is 5.88. The van der Waals surface area contributed by atoms with Gasteiger partial charge in [-0.15, -0.1) is 24.0 Å². The molecule has 1 unspecified atom stereocenters. The van der Waals surface area contributed by atoms with Gasteiger partial charge in [0, 0.05) is 26.2 Å². The minimum Gasteiger partial charge on any atom is -0.383 e. The molecule has 23 heavy (non-hydrogen) atoms. The molecular weight excluding hydrogens is 407 g/mol. The summed E-state index contributed by atoms with van der Waals surface area (Å²) >= 11 is 0. The Morgan fingerprint density at radius 2 is 1.96 bits per heavy atom. The molecule has 0 aliphatic carbocycles. The lowest BCUT2D eigenvalue weighted by Crippen LogP contribution is -2.44. The number of rotatable bonds is 8. The maximum absolute atomic E-state index is 11.8. The average Bonchev–Trinajstić information content (AvgIpc) is 2.52. The first-order chi connectivity index (χ1) is 10.7. The molecule has 7 heteroatoms. The molecule has 0 aromatic heterocycles. The Hall–Kier alpha value is -1.35. The minimum atomic E-state index is -0.111. The Balaban J connectivity index is 0.00000484. The summed E-state index contributed by atoms with van der Waals surface area (Å²) in [4.78, 5) is 16.1. The van der Waals surface area contributed by atoms with Crippen LogP contribution < -0.4 is 16.0 Å². The molecule has 0 fully saturated rings. The van der Waals surface area contributed by atoms with Gasteiger partial charge in [-0.2, -0.15) is 0 Å². The average molecular weight is 434 g/mol. The van der Waals surface area contributed by atoms with Crippen LogP contribution >= 0.6 is 24.0 Å². The predicted octanol–water partition coefficient (Wildman–Crippen LogP) is 1.51. The Labute approximate surface area is 155 Å². The monoisotopic (exact) mass is 434 g/mol. The molecule has 0 radical (unpaired) electrons. The van der Waals surface area contributed by atoms with Gasteiger partial charge in [-0.1, -0.05) is 30.3 Å². The second-order valence-corrected chi connectivity index (χ2v) is 4.96. The summed E-state index contributed by atoms with van der Waals surface area (Å²) < 4.78 is 5.07. The van der Waals surface area contributed by atoms with Crippen molar-refractivity contribution in [2.45, 2.75) is 26.4 Å². The van der Waals surface area contributed by atoms with Gasteiger partial charge in [-0.25, -0.2) is 4.99 Å². The fourth-order valence-electron chi connectivity index (χ4n) is 1.85. The van der Waals surface area contributed by atoms with Crippen LogP contribution in [-0.2, 0) is 16.1 Å². The summed E-state index contributed by atoms with van der Waals surface area (Å²) in [5.74, 6) is 0.502. The first-order valence-electron chi connectivity index (χ1n) is 7.50. The standard InChI is InChI=1S/C16H26N4O2.HI/c1-4-17-16(20-13(2)12-22-3)19-11-15(21)18-10-14-8-6-5-7-9-14;/h5-9,13H,4,10-12H2,1-3H3,(H,18,21)(H2,17,19,20);1H. The van der Waals surface area contributed by atoms with Crippen LogP contribution in [-0.4, -0.2) is 44.7 Å². The smallest absolute Gasteiger partial charge is 0.242 e. The van der Waals surface area contributed by atoms with E-state index in [4.69, 9.17) is 4.74 Å². The molecular formula is C16H27IN4O2. The first kappa shape index (κ1) is 21.6. The number of guanidine groups is 1. The normalized spacial score (nSPS) is 12.0. The van der Waals surface area contributed by atoms with Crippen molar-refractivity contribution in [3.8, 4) is 0 Å². The Morgan fingerprint density at radius 1 is 1.26 bits per heavy atom. The maximum atomic E-state index is 11.8. The summed E-state index contributed by atoms with van der Waals surface area (Å²) in [7, 11) is 1.65. The number of ether oxygens (including phenoxy) is 1. The van der Waals surface area contributed by atoms with Crippen LogP contribution in [0, 0.1) is 0 Å². The van der Waals surface area contributed by atoms with Crippen molar-refractivity contribution in [1.29, 1.82) is 0 Å². The van der Waals surface area contributed by atoms with Crippen molar-refractivity contribution in [3.63, 3.8) is 0 Å². The van der Waals surface area contributed by atoms with Crippen LogP contribution in [0.4, 0.5) is 0 Å². The number of amides is 1. The molecule has 1 amide bonds. The third kappa shape index (κ3) is 10.1. The molecule has 130 valence electrons. The number of methoxy groups -OCH3 is 1. The van der Waals surface area contributed by atoms with Gasteiger partial charge in [0.15, 0.2) is 5.96 Å². The van der Waals surface area contributed by atoms with E-state index in [-0.39, 0.29) is 42.5 Å². The zero-order valence-electron chi connectivity index (χ0n) is 14.0. The summed E-state index contributed by atoms with van der Waals surface area (Å²) in [6, 6.07) is 9.91. The lowest BCUT2D eigenvalue weighted by atomic mass is 10.2. The van der Waals surface area contributed by atoms with E-state index in [9.17, 15) is 4.79 Å². The van der Waals surface area contributed by atoms with Gasteiger partial charge < -0.3 is 20.7 Å². The number of nitrogens with one attached hydrogen (secondary N) is 3. The number of carbonyl (C=O) groups excluding carboxylic acids is 1. The Bertz CT molecular complexity index is 468.